The summed E-state index contributed by atoms with van der Waals surface area (Å²) < 4.78 is 40.4. The van der Waals surface area contributed by atoms with Crippen LogP contribution >= 0.6 is 0 Å². The topological polar surface area (TPSA) is 0 Å². The summed E-state index contributed by atoms with van der Waals surface area (Å²) in [5, 5.41) is 0. The molecule has 3 rings (SSSR count). The second kappa shape index (κ2) is 10.7. The summed E-state index contributed by atoms with van der Waals surface area (Å²) in [7, 11) is 0. The molecule has 166 valence electrons. The maximum absolute atomic E-state index is 13.6. The molecule has 1 aromatic carbocycles. The molecule has 0 spiro atoms. The Morgan fingerprint density at radius 3 is 1.93 bits per heavy atom. The quantitative estimate of drug-likeness (QED) is 0.320. The Hall–Kier alpha value is -1.51. The Labute approximate surface area is 180 Å². The second-order valence-corrected chi connectivity index (χ2v) is 9.73. The van der Waals surface area contributed by atoms with Crippen LogP contribution in [0.15, 0.2) is 29.9 Å². The Kier molecular flexibility index (Phi) is 8.25. The molecule has 0 aliphatic heterocycles. The summed E-state index contributed by atoms with van der Waals surface area (Å²) in [6.07, 6.45) is 17.1. The average Bonchev–Trinajstić information content (AvgIpc) is 2.75. The van der Waals surface area contributed by atoms with Crippen LogP contribution < -0.4 is 0 Å². The van der Waals surface area contributed by atoms with Crippen molar-refractivity contribution in [3.8, 4) is 0 Å². The lowest BCUT2D eigenvalue weighted by Gasteiger charge is -2.38. The fourth-order valence-corrected chi connectivity index (χ4v) is 5.54. The van der Waals surface area contributed by atoms with E-state index in [1.54, 1.807) is 0 Å². The maximum Gasteiger partial charge on any atom is 0.194 e. The van der Waals surface area contributed by atoms with Gasteiger partial charge in [-0.25, -0.2) is 13.2 Å². The highest BCUT2D eigenvalue weighted by atomic mass is 19.2. The van der Waals surface area contributed by atoms with Crippen LogP contribution in [0.1, 0.15) is 90.5 Å². The van der Waals surface area contributed by atoms with E-state index in [4.69, 9.17) is 0 Å². The van der Waals surface area contributed by atoms with Crippen LogP contribution in [-0.2, 0) is 0 Å². The SMILES string of the molecule is CCC/C(=C\C=C(/C)c1cc(F)c(F)c(F)c1)C1CCC(C2CCC(C)CC2)CC1. The molecule has 0 nitrogen and oxygen atoms in total. The van der Waals surface area contributed by atoms with Crippen molar-refractivity contribution in [3.63, 3.8) is 0 Å². The third-order valence-electron chi connectivity index (χ3n) is 7.55. The molecule has 2 aliphatic carbocycles. The highest BCUT2D eigenvalue weighted by Crippen LogP contribution is 2.43. The molecule has 0 atom stereocenters. The van der Waals surface area contributed by atoms with Gasteiger partial charge in [0, 0.05) is 0 Å². The molecule has 0 N–H and O–H groups in total. The van der Waals surface area contributed by atoms with E-state index in [1.165, 1.54) is 56.9 Å². The van der Waals surface area contributed by atoms with E-state index in [0.29, 0.717) is 11.5 Å². The minimum absolute atomic E-state index is 0.397. The van der Waals surface area contributed by atoms with Gasteiger partial charge in [-0.15, -0.1) is 0 Å². The molecule has 2 saturated carbocycles. The van der Waals surface area contributed by atoms with Gasteiger partial charge < -0.3 is 0 Å². The smallest absolute Gasteiger partial charge is 0.194 e. The molecule has 2 aliphatic rings. The lowest BCUT2D eigenvalue weighted by atomic mass is 9.68. The van der Waals surface area contributed by atoms with Crippen LogP contribution in [0.4, 0.5) is 13.2 Å². The van der Waals surface area contributed by atoms with Crippen LogP contribution in [0.25, 0.3) is 5.57 Å². The van der Waals surface area contributed by atoms with E-state index in [9.17, 15) is 13.2 Å². The van der Waals surface area contributed by atoms with Crippen LogP contribution in [0.2, 0.25) is 0 Å². The van der Waals surface area contributed by atoms with Gasteiger partial charge in [0.2, 0.25) is 0 Å². The molecule has 0 unspecified atom stereocenters. The van der Waals surface area contributed by atoms with E-state index in [1.807, 2.05) is 13.0 Å². The zero-order valence-corrected chi connectivity index (χ0v) is 18.8. The molecular weight excluding hydrogens is 381 g/mol. The number of halogens is 3. The van der Waals surface area contributed by atoms with E-state index in [2.05, 4.69) is 19.9 Å². The third-order valence-corrected chi connectivity index (χ3v) is 7.55. The van der Waals surface area contributed by atoms with Crippen molar-refractivity contribution in [1.82, 2.24) is 0 Å². The van der Waals surface area contributed by atoms with Crippen LogP contribution in [0.3, 0.4) is 0 Å². The first-order valence-corrected chi connectivity index (χ1v) is 11.9. The monoisotopic (exact) mass is 418 g/mol. The summed E-state index contributed by atoms with van der Waals surface area (Å²) in [6, 6.07) is 2.15. The Morgan fingerprint density at radius 1 is 0.867 bits per heavy atom. The molecule has 0 amide bonds. The molecule has 0 bridgehead atoms. The molecule has 3 heteroatoms. The van der Waals surface area contributed by atoms with Gasteiger partial charge in [-0.1, -0.05) is 50.8 Å². The van der Waals surface area contributed by atoms with Gasteiger partial charge in [0.15, 0.2) is 17.5 Å². The summed E-state index contributed by atoms with van der Waals surface area (Å²) in [6.45, 7) is 6.41. The molecule has 0 radical (unpaired) electrons. The predicted octanol–water partition coefficient (Wildman–Crippen LogP) is 8.87. The minimum atomic E-state index is -1.40. The minimum Gasteiger partial charge on any atom is -0.204 e. The van der Waals surface area contributed by atoms with Crippen LogP contribution in [0, 0.1) is 41.1 Å². The van der Waals surface area contributed by atoms with Gasteiger partial charge in [-0.05, 0) is 98.8 Å². The van der Waals surface area contributed by atoms with Gasteiger partial charge in [0.05, 0.1) is 0 Å². The fourth-order valence-electron chi connectivity index (χ4n) is 5.54. The van der Waals surface area contributed by atoms with Gasteiger partial charge in [0.1, 0.15) is 0 Å². The normalized spacial score (nSPS) is 28.6. The largest absolute Gasteiger partial charge is 0.204 e. The number of allylic oxidation sites excluding steroid dienone is 4. The van der Waals surface area contributed by atoms with Gasteiger partial charge in [0.25, 0.3) is 0 Å². The number of benzene rings is 1. The van der Waals surface area contributed by atoms with Gasteiger partial charge >= 0.3 is 0 Å². The Morgan fingerprint density at radius 2 is 1.40 bits per heavy atom. The highest BCUT2D eigenvalue weighted by molar-refractivity contribution is 5.65. The average molecular weight is 419 g/mol. The molecule has 30 heavy (non-hydrogen) atoms. The fraction of sp³-hybridized carbons (Fsp3) is 0.630. The first-order valence-electron chi connectivity index (χ1n) is 11.9. The standard InChI is InChI=1S/C27H37F3/c1-4-5-20(11-8-19(3)24-16-25(28)27(30)26(29)17-24)22-12-14-23(15-13-22)21-9-6-18(2)7-10-21/h8,11,16-18,21-23H,4-7,9-10,12-15H2,1-3H3/b19-8+,20-11+. The Bertz CT molecular complexity index is 737. The van der Waals surface area contributed by atoms with Crippen molar-refractivity contribution < 1.29 is 13.2 Å². The highest BCUT2D eigenvalue weighted by Gasteiger charge is 2.30. The maximum atomic E-state index is 13.6. The van der Waals surface area contributed by atoms with Crippen LogP contribution in [0.5, 0.6) is 0 Å². The first-order chi connectivity index (χ1) is 14.4. The van der Waals surface area contributed by atoms with Gasteiger partial charge in [-0.3, -0.25) is 0 Å². The molecule has 0 aromatic heterocycles. The van der Waals surface area contributed by atoms with E-state index in [-0.39, 0.29) is 0 Å². The van der Waals surface area contributed by atoms with Crippen molar-refractivity contribution in [2.24, 2.45) is 23.7 Å². The lowest BCUT2D eigenvalue weighted by molar-refractivity contribution is 0.157. The van der Waals surface area contributed by atoms with E-state index < -0.39 is 17.5 Å². The van der Waals surface area contributed by atoms with Crippen LogP contribution in [-0.4, -0.2) is 0 Å². The summed E-state index contributed by atoms with van der Waals surface area (Å²) in [4.78, 5) is 0. The number of hydrogen-bond acceptors (Lipinski definition) is 0. The number of rotatable bonds is 6. The third kappa shape index (κ3) is 5.80. The molecule has 2 fully saturated rings. The second-order valence-electron chi connectivity index (χ2n) is 9.73. The van der Waals surface area contributed by atoms with E-state index in [0.717, 1.165) is 48.3 Å². The molecular formula is C27H37F3. The zero-order valence-electron chi connectivity index (χ0n) is 18.8. The van der Waals surface area contributed by atoms with Crippen molar-refractivity contribution in [3.05, 3.63) is 52.9 Å². The summed E-state index contributed by atoms with van der Waals surface area (Å²) in [5.74, 6) is -0.302. The number of hydrogen-bond donors (Lipinski definition) is 0. The molecule has 1 aromatic rings. The zero-order chi connectivity index (χ0) is 21.7. The van der Waals surface area contributed by atoms with Crippen molar-refractivity contribution in [2.45, 2.75) is 85.0 Å². The van der Waals surface area contributed by atoms with Crippen molar-refractivity contribution >= 4 is 5.57 Å². The summed E-state index contributed by atoms with van der Waals surface area (Å²) in [5.41, 5.74) is 2.61. The molecule has 0 heterocycles. The molecule has 0 saturated heterocycles. The summed E-state index contributed by atoms with van der Waals surface area (Å²) >= 11 is 0. The van der Waals surface area contributed by atoms with Gasteiger partial charge in [-0.2, -0.15) is 0 Å². The van der Waals surface area contributed by atoms with Crippen molar-refractivity contribution in [1.29, 1.82) is 0 Å². The first kappa shape index (κ1) is 23.2. The lowest BCUT2D eigenvalue weighted by Crippen LogP contribution is -2.25. The Balaban J connectivity index is 1.65. The van der Waals surface area contributed by atoms with E-state index >= 15 is 0 Å². The van der Waals surface area contributed by atoms with Crippen molar-refractivity contribution in [2.75, 3.05) is 0 Å². The predicted molar refractivity (Wildman–Crippen MR) is 120 cm³/mol.